The Labute approximate surface area is 142 Å². The lowest BCUT2D eigenvalue weighted by atomic mass is 9.96. The van der Waals surface area contributed by atoms with Gasteiger partial charge in [0.25, 0.3) is 0 Å². The Morgan fingerprint density at radius 3 is 2.67 bits per heavy atom. The summed E-state index contributed by atoms with van der Waals surface area (Å²) in [5.41, 5.74) is 1.07. The van der Waals surface area contributed by atoms with E-state index in [2.05, 4.69) is 15.6 Å². The molecule has 126 valence electrons. The maximum absolute atomic E-state index is 12.2. The van der Waals surface area contributed by atoms with Crippen LogP contribution in [0.25, 0.3) is 0 Å². The van der Waals surface area contributed by atoms with Crippen LogP contribution in [-0.2, 0) is 6.61 Å². The van der Waals surface area contributed by atoms with E-state index >= 15 is 0 Å². The molecule has 0 bridgehead atoms. The number of ether oxygens (including phenoxy) is 1. The number of urea groups is 1. The number of aromatic nitrogens is 1. The third kappa shape index (κ3) is 4.72. The Kier molecular flexibility index (Phi) is 5.66. The molecule has 0 saturated heterocycles. The van der Waals surface area contributed by atoms with Crippen LogP contribution in [0.3, 0.4) is 0 Å². The van der Waals surface area contributed by atoms with Crippen molar-refractivity contribution in [2.75, 3.05) is 5.32 Å². The third-order valence-corrected chi connectivity index (χ3v) is 4.18. The van der Waals surface area contributed by atoms with Crippen molar-refractivity contribution in [1.82, 2.24) is 10.3 Å². The summed E-state index contributed by atoms with van der Waals surface area (Å²) in [7, 11) is 0. The number of nitrogens with one attached hydrogen (secondary N) is 2. The zero-order valence-electron chi connectivity index (χ0n) is 13.7. The standard InChI is InChI=1S/C19H23N3O2/c23-19(21-16-10-5-2-6-11-16)22-18-17(12-7-13-20-18)24-14-15-8-3-1-4-9-15/h1,3-4,7-9,12-13,16H,2,5-6,10-11,14H2,(H2,20,21,22,23). The van der Waals surface area contributed by atoms with Crippen molar-refractivity contribution in [2.45, 2.75) is 44.8 Å². The maximum Gasteiger partial charge on any atom is 0.320 e. The minimum atomic E-state index is -0.217. The van der Waals surface area contributed by atoms with Gasteiger partial charge in [-0.25, -0.2) is 9.78 Å². The van der Waals surface area contributed by atoms with Crippen LogP contribution in [0.15, 0.2) is 48.7 Å². The van der Waals surface area contributed by atoms with Crippen molar-refractivity contribution in [3.63, 3.8) is 0 Å². The summed E-state index contributed by atoms with van der Waals surface area (Å²) >= 11 is 0. The van der Waals surface area contributed by atoms with Crippen LogP contribution < -0.4 is 15.4 Å². The summed E-state index contributed by atoms with van der Waals surface area (Å²) in [4.78, 5) is 16.4. The Morgan fingerprint density at radius 2 is 1.88 bits per heavy atom. The smallest absolute Gasteiger partial charge is 0.320 e. The summed E-state index contributed by atoms with van der Waals surface area (Å²) < 4.78 is 5.81. The molecule has 1 saturated carbocycles. The number of carbonyl (C=O) groups excluding carboxylic acids is 1. The largest absolute Gasteiger partial charge is 0.485 e. The van der Waals surface area contributed by atoms with E-state index in [0.717, 1.165) is 18.4 Å². The number of hydrogen-bond donors (Lipinski definition) is 2. The number of nitrogens with zero attached hydrogens (tertiary/aromatic N) is 1. The van der Waals surface area contributed by atoms with E-state index in [4.69, 9.17) is 4.74 Å². The summed E-state index contributed by atoms with van der Waals surface area (Å²) in [6, 6.07) is 13.6. The highest BCUT2D eigenvalue weighted by Crippen LogP contribution is 2.22. The molecule has 1 aliphatic rings. The molecule has 0 atom stereocenters. The summed E-state index contributed by atoms with van der Waals surface area (Å²) in [5, 5.41) is 5.83. The first-order valence-corrected chi connectivity index (χ1v) is 8.50. The number of carbonyl (C=O) groups is 1. The van der Waals surface area contributed by atoms with Gasteiger partial charge >= 0.3 is 6.03 Å². The molecule has 0 unspecified atom stereocenters. The minimum Gasteiger partial charge on any atom is -0.485 e. The molecule has 2 amide bonds. The van der Waals surface area contributed by atoms with Crippen molar-refractivity contribution in [2.24, 2.45) is 0 Å². The van der Waals surface area contributed by atoms with Crippen LogP contribution in [0.5, 0.6) is 5.75 Å². The molecule has 0 spiro atoms. The summed E-state index contributed by atoms with van der Waals surface area (Å²) in [6.07, 6.45) is 7.36. The molecule has 1 heterocycles. The molecule has 5 heteroatoms. The van der Waals surface area contributed by atoms with E-state index < -0.39 is 0 Å². The Hall–Kier alpha value is -2.56. The normalized spacial score (nSPS) is 14.8. The molecule has 1 aliphatic carbocycles. The average Bonchev–Trinajstić information content (AvgIpc) is 2.63. The van der Waals surface area contributed by atoms with Crippen LogP contribution in [0.1, 0.15) is 37.7 Å². The van der Waals surface area contributed by atoms with Gasteiger partial charge in [-0.05, 0) is 30.5 Å². The topological polar surface area (TPSA) is 63.2 Å². The molecule has 5 nitrogen and oxygen atoms in total. The van der Waals surface area contributed by atoms with Gasteiger partial charge in [-0.3, -0.25) is 5.32 Å². The lowest BCUT2D eigenvalue weighted by Gasteiger charge is -2.23. The van der Waals surface area contributed by atoms with Crippen molar-refractivity contribution in [1.29, 1.82) is 0 Å². The number of benzene rings is 1. The van der Waals surface area contributed by atoms with Gasteiger partial charge in [0.2, 0.25) is 0 Å². The molecule has 1 aromatic heterocycles. The van der Waals surface area contributed by atoms with Crippen LogP contribution in [0, 0.1) is 0 Å². The predicted octanol–water partition coefficient (Wildman–Crippen LogP) is 4.11. The second-order valence-electron chi connectivity index (χ2n) is 6.06. The first-order valence-electron chi connectivity index (χ1n) is 8.50. The predicted molar refractivity (Wildman–Crippen MR) is 94.0 cm³/mol. The zero-order chi connectivity index (χ0) is 16.6. The Morgan fingerprint density at radius 1 is 1.08 bits per heavy atom. The van der Waals surface area contributed by atoms with Gasteiger partial charge < -0.3 is 10.1 Å². The fourth-order valence-corrected chi connectivity index (χ4v) is 2.91. The van der Waals surface area contributed by atoms with Crippen molar-refractivity contribution >= 4 is 11.8 Å². The van der Waals surface area contributed by atoms with Gasteiger partial charge in [0, 0.05) is 12.2 Å². The molecule has 0 aliphatic heterocycles. The average molecular weight is 325 g/mol. The molecule has 1 aromatic carbocycles. The number of rotatable bonds is 5. The number of pyridine rings is 1. The van der Waals surface area contributed by atoms with Gasteiger partial charge in [-0.15, -0.1) is 0 Å². The van der Waals surface area contributed by atoms with Gasteiger partial charge in [0.15, 0.2) is 11.6 Å². The monoisotopic (exact) mass is 325 g/mol. The van der Waals surface area contributed by atoms with Crippen LogP contribution in [-0.4, -0.2) is 17.1 Å². The molecule has 2 N–H and O–H groups in total. The molecule has 2 aromatic rings. The first kappa shape index (κ1) is 16.3. The van der Waals surface area contributed by atoms with Gasteiger partial charge in [-0.1, -0.05) is 49.6 Å². The number of amides is 2. The van der Waals surface area contributed by atoms with Crippen molar-refractivity contribution < 1.29 is 9.53 Å². The Balaban J connectivity index is 1.57. The number of hydrogen-bond acceptors (Lipinski definition) is 3. The fourth-order valence-electron chi connectivity index (χ4n) is 2.91. The van der Waals surface area contributed by atoms with E-state index in [-0.39, 0.29) is 12.1 Å². The highest BCUT2D eigenvalue weighted by atomic mass is 16.5. The lowest BCUT2D eigenvalue weighted by Crippen LogP contribution is -2.39. The van der Waals surface area contributed by atoms with Crippen LogP contribution >= 0.6 is 0 Å². The van der Waals surface area contributed by atoms with Crippen LogP contribution in [0.4, 0.5) is 10.6 Å². The molecule has 24 heavy (non-hydrogen) atoms. The second-order valence-corrected chi connectivity index (χ2v) is 6.06. The van der Waals surface area contributed by atoms with Gasteiger partial charge in [-0.2, -0.15) is 0 Å². The third-order valence-electron chi connectivity index (χ3n) is 4.18. The highest BCUT2D eigenvalue weighted by Gasteiger charge is 2.16. The van der Waals surface area contributed by atoms with Gasteiger partial charge in [0.05, 0.1) is 0 Å². The molecule has 3 rings (SSSR count). The molecule has 1 fully saturated rings. The first-order chi connectivity index (χ1) is 11.8. The molecular weight excluding hydrogens is 302 g/mol. The van der Waals surface area contributed by atoms with E-state index in [0.29, 0.717) is 18.2 Å². The fraction of sp³-hybridized carbons (Fsp3) is 0.368. The van der Waals surface area contributed by atoms with E-state index in [1.54, 1.807) is 12.3 Å². The number of anilines is 1. The summed E-state index contributed by atoms with van der Waals surface area (Å²) in [6.45, 7) is 0.436. The highest BCUT2D eigenvalue weighted by molar-refractivity contribution is 5.89. The minimum absolute atomic E-state index is 0.217. The van der Waals surface area contributed by atoms with E-state index in [1.807, 2.05) is 36.4 Å². The second kappa shape index (κ2) is 8.34. The van der Waals surface area contributed by atoms with Gasteiger partial charge in [0.1, 0.15) is 6.61 Å². The van der Waals surface area contributed by atoms with E-state index in [1.165, 1.54) is 19.3 Å². The summed E-state index contributed by atoms with van der Waals surface area (Å²) in [5.74, 6) is 1.02. The maximum atomic E-state index is 12.2. The zero-order valence-corrected chi connectivity index (χ0v) is 13.7. The molecular formula is C19H23N3O2. The quantitative estimate of drug-likeness (QED) is 0.869. The lowest BCUT2D eigenvalue weighted by molar-refractivity contribution is 0.243. The van der Waals surface area contributed by atoms with Crippen molar-refractivity contribution in [3.8, 4) is 5.75 Å². The Bertz CT molecular complexity index is 655. The SMILES string of the molecule is O=C(Nc1ncccc1OCc1ccccc1)NC1CCCCC1. The molecule has 0 radical (unpaired) electrons. The van der Waals surface area contributed by atoms with Crippen LogP contribution in [0.2, 0.25) is 0 Å². The van der Waals surface area contributed by atoms with E-state index in [9.17, 15) is 4.79 Å². The van der Waals surface area contributed by atoms with Crippen molar-refractivity contribution in [3.05, 3.63) is 54.2 Å².